The first-order valence-electron chi connectivity index (χ1n) is 4.66. The lowest BCUT2D eigenvalue weighted by Gasteiger charge is -2.12. The molecule has 0 aromatic heterocycles. The molecule has 0 heterocycles. The highest BCUT2D eigenvalue weighted by molar-refractivity contribution is 6.22. The van der Waals surface area contributed by atoms with Crippen LogP contribution in [0, 0.1) is 0 Å². The summed E-state index contributed by atoms with van der Waals surface area (Å²) in [6.45, 7) is 5.29. The van der Waals surface area contributed by atoms with Gasteiger partial charge >= 0.3 is 0 Å². The summed E-state index contributed by atoms with van der Waals surface area (Å²) in [5, 5.41) is 0. The maximum Gasteiger partial charge on any atom is 0.184 e. The number of allylic oxidation sites excluding steroid dienone is 6. The molecule has 0 fully saturated rings. The van der Waals surface area contributed by atoms with Crippen LogP contribution < -0.4 is 0 Å². The second-order valence-electron chi connectivity index (χ2n) is 3.40. The quantitative estimate of drug-likeness (QED) is 0.495. The van der Waals surface area contributed by atoms with Gasteiger partial charge in [0, 0.05) is 16.7 Å². The Balaban J connectivity index is 3.03. The standard InChI is InChI=1S/C12H14O2/c1-4-5-6-10-9(3)12(14)8(2)7-11(10)13/h4-5,7H,6H2,1-3H3/b5-4+. The number of hydrogen-bond donors (Lipinski definition) is 0. The summed E-state index contributed by atoms with van der Waals surface area (Å²) in [6.07, 6.45) is 5.74. The topological polar surface area (TPSA) is 34.1 Å². The molecule has 0 unspecified atom stereocenters. The number of Topliss-reactive ketones (excluding diaryl/α,β-unsaturated/α-hetero) is 1. The monoisotopic (exact) mass is 190 g/mol. The van der Waals surface area contributed by atoms with Crippen LogP contribution >= 0.6 is 0 Å². The van der Waals surface area contributed by atoms with Crippen molar-refractivity contribution in [1.82, 2.24) is 0 Å². The van der Waals surface area contributed by atoms with Crippen LogP contribution in [0.25, 0.3) is 0 Å². The van der Waals surface area contributed by atoms with Crippen molar-refractivity contribution in [3.8, 4) is 0 Å². The minimum Gasteiger partial charge on any atom is -0.290 e. The van der Waals surface area contributed by atoms with Crippen molar-refractivity contribution in [1.29, 1.82) is 0 Å². The van der Waals surface area contributed by atoms with Gasteiger partial charge in [-0.2, -0.15) is 0 Å². The summed E-state index contributed by atoms with van der Waals surface area (Å²) in [7, 11) is 0. The van der Waals surface area contributed by atoms with E-state index in [4.69, 9.17) is 0 Å². The van der Waals surface area contributed by atoms with E-state index < -0.39 is 0 Å². The first-order valence-corrected chi connectivity index (χ1v) is 4.66. The number of carbonyl (C=O) groups is 2. The maximum atomic E-state index is 11.5. The highest BCUT2D eigenvalue weighted by Crippen LogP contribution is 2.21. The van der Waals surface area contributed by atoms with Gasteiger partial charge in [0.1, 0.15) is 0 Å². The van der Waals surface area contributed by atoms with Crippen molar-refractivity contribution < 1.29 is 9.59 Å². The van der Waals surface area contributed by atoms with Crippen molar-refractivity contribution in [3.05, 3.63) is 34.9 Å². The van der Waals surface area contributed by atoms with E-state index in [-0.39, 0.29) is 11.6 Å². The Morgan fingerprint density at radius 3 is 2.50 bits per heavy atom. The SMILES string of the molecule is C/C=C/CC1=C(C)C(=O)C(C)=CC1=O. The van der Waals surface area contributed by atoms with Crippen LogP contribution in [0.4, 0.5) is 0 Å². The molecule has 0 saturated heterocycles. The second kappa shape index (κ2) is 4.18. The van der Waals surface area contributed by atoms with Gasteiger partial charge in [-0.05, 0) is 33.3 Å². The number of hydrogen-bond acceptors (Lipinski definition) is 2. The van der Waals surface area contributed by atoms with E-state index in [1.807, 2.05) is 19.1 Å². The molecule has 0 atom stereocenters. The van der Waals surface area contributed by atoms with E-state index in [1.165, 1.54) is 6.08 Å². The van der Waals surface area contributed by atoms with Gasteiger partial charge in [0.15, 0.2) is 11.6 Å². The molecule has 0 saturated carbocycles. The van der Waals surface area contributed by atoms with Crippen molar-refractivity contribution >= 4 is 11.6 Å². The van der Waals surface area contributed by atoms with Crippen LogP contribution in [0.2, 0.25) is 0 Å². The smallest absolute Gasteiger partial charge is 0.184 e. The average molecular weight is 190 g/mol. The average Bonchev–Trinajstić information content (AvgIpc) is 2.14. The molecule has 14 heavy (non-hydrogen) atoms. The zero-order valence-electron chi connectivity index (χ0n) is 8.76. The summed E-state index contributed by atoms with van der Waals surface area (Å²) in [6, 6.07) is 0. The molecule has 0 bridgehead atoms. The molecule has 2 nitrogen and oxygen atoms in total. The number of rotatable bonds is 2. The summed E-state index contributed by atoms with van der Waals surface area (Å²) in [4.78, 5) is 23.1. The van der Waals surface area contributed by atoms with E-state index in [0.717, 1.165) is 0 Å². The van der Waals surface area contributed by atoms with Crippen LogP contribution in [-0.2, 0) is 9.59 Å². The molecule has 74 valence electrons. The molecule has 0 radical (unpaired) electrons. The lowest BCUT2D eigenvalue weighted by atomic mass is 9.89. The Kier molecular flexibility index (Phi) is 3.18. The molecule has 1 aliphatic carbocycles. The lowest BCUT2D eigenvalue weighted by Crippen LogP contribution is -2.16. The van der Waals surface area contributed by atoms with Crippen molar-refractivity contribution in [3.63, 3.8) is 0 Å². The largest absolute Gasteiger partial charge is 0.290 e. The molecule has 0 amide bonds. The Morgan fingerprint density at radius 1 is 1.29 bits per heavy atom. The highest BCUT2D eigenvalue weighted by Gasteiger charge is 2.21. The minimum atomic E-state index is -0.0299. The third-order valence-electron chi connectivity index (χ3n) is 2.35. The summed E-state index contributed by atoms with van der Waals surface area (Å²) < 4.78 is 0. The molecule has 0 aromatic carbocycles. The van der Waals surface area contributed by atoms with Gasteiger partial charge in [-0.15, -0.1) is 0 Å². The van der Waals surface area contributed by atoms with Crippen LogP contribution in [0.15, 0.2) is 34.9 Å². The minimum absolute atomic E-state index is 0.0101. The molecule has 0 aliphatic heterocycles. The zero-order valence-corrected chi connectivity index (χ0v) is 8.76. The predicted octanol–water partition coefficient (Wildman–Crippen LogP) is 2.37. The fourth-order valence-corrected chi connectivity index (χ4v) is 1.46. The third kappa shape index (κ3) is 1.90. The Labute approximate surface area is 84.0 Å². The van der Waals surface area contributed by atoms with Crippen molar-refractivity contribution in [2.24, 2.45) is 0 Å². The Bertz CT molecular complexity index is 368. The zero-order chi connectivity index (χ0) is 10.7. The molecular weight excluding hydrogens is 176 g/mol. The predicted molar refractivity (Wildman–Crippen MR) is 55.9 cm³/mol. The molecular formula is C12H14O2. The molecule has 0 N–H and O–H groups in total. The molecule has 1 aliphatic rings. The Morgan fingerprint density at radius 2 is 1.93 bits per heavy atom. The van der Waals surface area contributed by atoms with Gasteiger partial charge in [-0.25, -0.2) is 0 Å². The van der Waals surface area contributed by atoms with Crippen LogP contribution in [0.5, 0.6) is 0 Å². The van der Waals surface area contributed by atoms with Crippen LogP contribution in [-0.4, -0.2) is 11.6 Å². The van der Waals surface area contributed by atoms with Gasteiger partial charge in [-0.3, -0.25) is 9.59 Å². The van der Waals surface area contributed by atoms with E-state index in [1.54, 1.807) is 13.8 Å². The van der Waals surface area contributed by atoms with Gasteiger partial charge in [0.05, 0.1) is 0 Å². The molecule has 0 spiro atoms. The number of carbonyl (C=O) groups excluding carboxylic acids is 2. The van der Waals surface area contributed by atoms with Gasteiger partial charge < -0.3 is 0 Å². The lowest BCUT2D eigenvalue weighted by molar-refractivity contribution is -0.115. The summed E-state index contributed by atoms with van der Waals surface area (Å²) in [5.74, 6) is -0.0400. The van der Waals surface area contributed by atoms with E-state index >= 15 is 0 Å². The number of ketones is 2. The fourth-order valence-electron chi connectivity index (χ4n) is 1.46. The van der Waals surface area contributed by atoms with E-state index in [2.05, 4.69) is 0 Å². The molecule has 1 rings (SSSR count). The van der Waals surface area contributed by atoms with Gasteiger partial charge in [0.25, 0.3) is 0 Å². The van der Waals surface area contributed by atoms with Crippen molar-refractivity contribution in [2.45, 2.75) is 27.2 Å². The fraction of sp³-hybridized carbons (Fsp3) is 0.333. The third-order valence-corrected chi connectivity index (χ3v) is 2.35. The van der Waals surface area contributed by atoms with E-state index in [0.29, 0.717) is 23.1 Å². The first-order chi connectivity index (χ1) is 6.57. The van der Waals surface area contributed by atoms with E-state index in [9.17, 15) is 9.59 Å². The van der Waals surface area contributed by atoms with Crippen LogP contribution in [0.1, 0.15) is 27.2 Å². The summed E-state index contributed by atoms with van der Waals surface area (Å²) in [5.41, 5.74) is 1.75. The molecule has 0 aromatic rings. The van der Waals surface area contributed by atoms with Gasteiger partial charge in [0.2, 0.25) is 0 Å². The second-order valence-corrected chi connectivity index (χ2v) is 3.40. The molecule has 2 heteroatoms. The normalized spacial score (nSPS) is 18.1. The maximum absolute atomic E-state index is 11.5. The highest BCUT2D eigenvalue weighted by atomic mass is 16.1. The van der Waals surface area contributed by atoms with Crippen molar-refractivity contribution in [2.75, 3.05) is 0 Å². The Hall–Kier alpha value is -1.44. The van der Waals surface area contributed by atoms with Crippen LogP contribution in [0.3, 0.4) is 0 Å². The summed E-state index contributed by atoms with van der Waals surface area (Å²) >= 11 is 0. The van der Waals surface area contributed by atoms with Gasteiger partial charge in [-0.1, -0.05) is 12.2 Å². The first kappa shape index (κ1) is 10.6.